The van der Waals surface area contributed by atoms with Crippen molar-refractivity contribution in [3.8, 4) is 0 Å². The Morgan fingerprint density at radius 1 is 1.19 bits per heavy atom. The van der Waals surface area contributed by atoms with Crippen molar-refractivity contribution >= 4 is 17.6 Å². The maximum atomic E-state index is 13.0. The summed E-state index contributed by atoms with van der Waals surface area (Å²) >= 11 is 0. The van der Waals surface area contributed by atoms with Crippen LogP contribution < -0.4 is 5.32 Å². The molecule has 2 heterocycles. The van der Waals surface area contributed by atoms with Crippen molar-refractivity contribution in [2.75, 3.05) is 19.6 Å². The van der Waals surface area contributed by atoms with E-state index in [0.29, 0.717) is 32.5 Å². The fraction of sp³-hybridized carbons (Fsp3) is 0.667. The molecule has 6 nitrogen and oxygen atoms in total. The number of amides is 2. The molecule has 1 N–H and O–H groups in total. The molecule has 6 heteroatoms. The number of Topliss-reactive ketones (excluding diaryl/α,β-unsaturated/α-hetero) is 1. The van der Waals surface area contributed by atoms with E-state index in [1.54, 1.807) is 4.90 Å². The minimum atomic E-state index is -0.0559. The van der Waals surface area contributed by atoms with Gasteiger partial charge in [-0.05, 0) is 38.2 Å². The third kappa shape index (κ3) is 3.80. The standard InChI is InChI=1S/C21H31N3O3/c1-13(2)24-14(3)15(20-16(24)11-21(4,5)12-17(20)25)10-19(27)23-8-6-18(26)22-7-9-23/h13H,6-12H2,1-5H3,(H,22,26). The molecule has 0 radical (unpaired) electrons. The topological polar surface area (TPSA) is 71.4 Å². The monoisotopic (exact) mass is 373 g/mol. The first kappa shape index (κ1) is 19.6. The molecule has 1 aliphatic heterocycles. The number of hydrogen-bond acceptors (Lipinski definition) is 3. The molecule has 0 saturated carbocycles. The van der Waals surface area contributed by atoms with E-state index in [2.05, 4.69) is 37.6 Å². The minimum Gasteiger partial charge on any atom is -0.354 e. The summed E-state index contributed by atoms with van der Waals surface area (Å²) in [6.07, 6.45) is 1.94. The first-order valence-electron chi connectivity index (χ1n) is 9.91. The number of nitrogens with zero attached hydrogens (tertiary/aromatic N) is 2. The summed E-state index contributed by atoms with van der Waals surface area (Å²) in [5.74, 6) is 0.137. The van der Waals surface area contributed by atoms with E-state index < -0.39 is 0 Å². The molecule has 2 amide bonds. The van der Waals surface area contributed by atoms with E-state index in [0.717, 1.165) is 28.9 Å². The Kier molecular flexibility index (Phi) is 5.19. The van der Waals surface area contributed by atoms with Gasteiger partial charge in [-0.25, -0.2) is 0 Å². The molecular weight excluding hydrogens is 342 g/mol. The zero-order chi connectivity index (χ0) is 19.9. The highest BCUT2D eigenvalue weighted by Crippen LogP contribution is 2.40. The second-order valence-electron chi connectivity index (χ2n) is 8.95. The third-order valence-electron chi connectivity index (χ3n) is 5.75. The maximum Gasteiger partial charge on any atom is 0.227 e. The highest BCUT2D eigenvalue weighted by molar-refractivity contribution is 6.02. The lowest BCUT2D eigenvalue weighted by molar-refractivity contribution is -0.130. The average Bonchev–Trinajstić information content (AvgIpc) is 2.68. The summed E-state index contributed by atoms with van der Waals surface area (Å²) in [5, 5.41) is 2.80. The van der Waals surface area contributed by atoms with E-state index in [9.17, 15) is 14.4 Å². The number of rotatable bonds is 3. The zero-order valence-corrected chi connectivity index (χ0v) is 17.1. The molecule has 0 atom stereocenters. The fourth-order valence-electron chi connectivity index (χ4n) is 4.56. The van der Waals surface area contributed by atoms with E-state index in [-0.39, 0.29) is 35.5 Å². The van der Waals surface area contributed by atoms with Gasteiger partial charge in [0.15, 0.2) is 5.78 Å². The van der Waals surface area contributed by atoms with Crippen molar-refractivity contribution in [1.29, 1.82) is 0 Å². The number of fused-ring (bicyclic) bond motifs is 1. The highest BCUT2D eigenvalue weighted by atomic mass is 16.2. The van der Waals surface area contributed by atoms with Crippen molar-refractivity contribution in [2.24, 2.45) is 5.41 Å². The lowest BCUT2D eigenvalue weighted by Crippen LogP contribution is -2.35. The Bertz CT molecular complexity index is 789. The summed E-state index contributed by atoms with van der Waals surface area (Å²) in [5.41, 5.74) is 3.71. The van der Waals surface area contributed by atoms with E-state index >= 15 is 0 Å². The van der Waals surface area contributed by atoms with Crippen molar-refractivity contribution in [3.05, 3.63) is 22.5 Å². The molecule has 1 aromatic rings. The van der Waals surface area contributed by atoms with Crippen LogP contribution in [0.5, 0.6) is 0 Å². The average molecular weight is 373 g/mol. The maximum absolute atomic E-state index is 13.0. The lowest BCUT2D eigenvalue weighted by Gasteiger charge is -2.31. The van der Waals surface area contributed by atoms with Gasteiger partial charge in [-0.15, -0.1) is 0 Å². The number of carbonyl (C=O) groups is 3. The molecule has 3 rings (SSSR count). The molecule has 148 valence electrons. The van der Waals surface area contributed by atoms with Gasteiger partial charge in [0.05, 0.1) is 6.42 Å². The van der Waals surface area contributed by atoms with Crippen LogP contribution in [0.3, 0.4) is 0 Å². The quantitative estimate of drug-likeness (QED) is 0.884. The largest absolute Gasteiger partial charge is 0.354 e. The Balaban J connectivity index is 1.95. The summed E-state index contributed by atoms with van der Waals surface area (Å²) in [4.78, 5) is 39.2. The summed E-state index contributed by atoms with van der Waals surface area (Å²) < 4.78 is 2.24. The van der Waals surface area contributed by atoms with Crippen LogP contribution in [-0.4, -0.2) is 46.7 Å². The van der Waals surface area contributed by atoms with Gasteiger partial charge in [0.25, 0.3) is 0 Å². The zero-order valence-electron chi connectivity index (χ0n) is 17.1. The smallest absolute Gasteiger partial charge is 0.227 e. The number of nitrogens with one attached hydrogen (secondary N) is 1. The van der Waals surface area contributed by atoms with Crippen LogP contribution >= 0.6 is 0 Å². The predicted molar refractivity (Wildman–Crippen MR) is 104 cm³/mol. The van der Waals surface area contributed by atoms with Crippen LogP contribution in [0.2, 0.25) is 0 Å². The summed E-state index contributed by atoms with van der Waals surface area (Å²) in [7, 11) is 0. The molecule has 0 aromatic carbocycles. The Morgan fingerprint density at radius 3 is 2.56 bits per heavy atom. The first-order valence-corrected chi connectivity index (χ1v) is 9.91. The SMILES string of the molecule is Cc1c(CC(=O)N2CCNC(=O)CC2)c2c(n1C(C)C)CC(C)(C)CC2=O. The number of ketones is 1. The lowest BCUT2D eigenvalue weighted by atomic mass is 9.75. The second-order valence-corrected chi connectivity index (χ2v) is 8.95. The molecule has 1 aliphatic carbocycles. The molecule has 27 heavy (non-hydrogen) atoms. The number of hydrogen-bond donors (Lipinski definition) is 1. The number of carbonyl (C=O) groups excluding carboxylic acids is 3. The molecule has 1 saturated heterocycles. The van der Waals surface area contributed by atoms with Crippen LogP contribution in [0.1, 0.15) is 73.9 Å². The summed E-state index contributed by atoms with van der Waals surface area (Å²) in [6, 6.07) is 0.240. The highest BCUT2D eigenvalue weighted by Gasteiger charge is 2.37. The van der Waals surface area contributed by atoms with Crippen LogP contribution in [-0.2, 0) is 22.4 Å². The van der Waals surface area contributed by atoms with Crippen LogP contribution in [0, 0.1) is 12.3 Å². The van der Waals surface area contributed by atoms with Crippen molar-refractivity contribution in [2.45, 2.75) is 66.3 Å². The molecule has 1 fully saturated rings. The van der Waals surface area contributed by atoms with Crippen LogP contribution in [0.15, 0.2) is 0 Å². The Morgan fingerprint density at radius 2 is 1.89 bits per heavy atom. The Labute approximate surface area is 161 Å². The van der Waals surface area contributed by atoms with Crippen LogP contribution in [0.4, 0.5) is 0 Å². The van der Waals surface area contributed by atoms with Gasteiger partial charge in [0.1, 0.15) is 0 Å². The van der Waals surface area contributed by atoms with Gasteiger partial charge >= 0.3 is 0 Å². The first-order chi connectivity index (χ1) is 12.6. The van der Waals surface area contributed by atoms with Gasteiger partial charge in [0.2, 0.25) is 11.8 Å². The molecule has 2 aliphatic rings. The van der Waals surface area contributed by atoms with E-state index in [1.807, 2.05) is 6.92 Å². The van der Waals surface area contributed by atoms with Gasteiger partial charge < -0.3 is 14.8 Å². The molecular formula is C21H31N3O3. The molecule has 0 bridgehead atoms. The molecule has 0 spiro atoms. The van der Waals surface area contributed by atoms with Crippen molar-refractivity contribution in [1.82, 2.24) is 14.8 Å². The van der Waals surface area contributed by atoms with Crippen molar-refractivity contribution in [3.63, 3.8) is 0 Å². The molecule has 1 aromatic heterocycles. The molecule has 0 unspecified atom stereocenters. The summed E-state index contributed by atoms with van der Waals surface area (Å²) in [6.45, 7) is 12.0. The van der Waals surface area contributed by atoms with E-state index in [4.69, 9.17) is 0 Å². The van der Waals surface area contributed by atoms with Gasteiger partial charge in [-0.1, -0.05) is 13.8 Å². The number of aromatic nitrogens is 1. The van der Waals surface area contributed by atoms with Crippen molar-refractivity contribution < 1.29 is 14.4 Å². The third-order valence-corrected chi connectivity index (χ3v) is 5.75. The van der Waals surface area contributed by atoms with Gasteiger partial charge in [-0.3, -0.25) is 14.4 Å². The fourth-order valence-corrected chi connectivity index (χ4v) is 4.56. The normalized spacial score (nSPS) is 19.7. The second kappa shape index (κ2) is 7.13. The minimum absolute atomic E-state index is 0.00376. The Hall–Kier alpha value is -2.11. The van der Waals surface area contributed by atoms with Gasteiger partial charge in [0, 0.05) is 55.5 Å². The predicted octanol–water partition coefficient (Wildman–Crippen LogP) is 2.42. The van der Waals surface area contributed by atoms with Crippen LogP contribution in [0.25, 0.3) is 0 Å². The van der Waals surface area contributed by atoms with Gasteiger partial charge in [-0.2, -0.15) is 0 Å². The van der Waals surface area contributed by atoms with E-state index in [1.165, 1.54) is 0 Å².